The van der Waals surface area contributed by atoms with Crippen molar-refractivity contribution in [3.63, 3.8) is 0 Å². The van der Waals surface area contributed by atoms with Crippen molar-refractivity contribution in [1.29, 1.82) is 0 Å². The van der Waals surface area contributed by atoms with Gasteiger partial charge in [0.05, 0.1) is 7.11 Å². The first-order valence-corrected chi connectivity index (χ1v) is 7.84. The highest BCUT2D eigenvalue weighted by atomic mass is 16.5. The van der Waals surface area contributed by atoms with Gasteiger partial charge in [0.1, 0.15) is 0 Å². The number of nitrogens with zero attached hydrogens (tertiary/aromatic N) is 1. The summed E-state index contributed by atoms with van der Waals surface area (Å²) in [5.41, 5.74) is 0. The monoisotopic (exact) mass is 279 g/mol. The highest BCUT2D eigenvalue weighted by Crippen LogP contribution is 2.43. The first-order valence-electron chi connectivity index (χ1n) is 7.84. The number of esters is 1. The highest BCUT2D eigenvalue weighted by Gasteiger charge is 2.37. The van der Waals surface area contributed by atoms with Crippen molar-refractivity contribution in [2.24, 2.45) is 23.7 Å². The molecule has 0 aromatic heterocycles. The number of aliphatic hydroxyl groups is 1. The van der Waals surface area contributed by atoms with Gasteiger partial charge in [-0.3, -0.25) is 0 Å². The Morgan fingerprint density at radius 2 is 2.10 bits per heavy atom. The van der Waals surface area contributed by atoms with E-state index in [1.54, 1.807) is 0 Å². The lowest BCUT2D eigenvalue weighted by atomic mass is 9.89. The summed E-state index contributed by atoms with van der Waals surface area (Å²) >= 11 is 0. The third kappa shape index (κ3) is 2.77. The summed E-state index contributed by atoms with van der Waals surface area (Å²) < 4.78 is 4.62. The second kappa shape index (κ2) is 5.86. The van der Waals surface area contributed by atoms with E-state index in [4.69, 9.17) is 0 Å². The van der Waals surface area contributed by atoms with Gasteiger partial charge in [-0.05, 0) is 62.4 Å². The molecule has 0 amide bonds. The lowest BCUT2D eigenvalue weighted by Gasteiger charge is -2.35. The summed E-state index contributed by atoms with van der Waals surface area (Å²) in [7, 11) is 1.34. The van der Waals surface area contributed by atoms with E-state index < -0.39 is 12.1 Å². The number of allylic oxidation sites excluding steroid dienone is 2. The van der Waals surface area contributed by atoms with Crippen LogP contribution in [-0.2, 0) is 9.53 Å². The molecule has 4 atom stereocenters. The summed E-state index contributed by atoms with van der Waals surface area (Å²) in [5.74, 6) is 2.05. The zero-order chi connectivity index (χ0) is 14.1. The third-order valence-electron chi connectivity index (χ3n) is 5.43. The van der Waals surface area contributed by atoms with Crippen LogP contribution >= 0.6 is 0 Å². The van der Waals surface area contributed by atoms with Gasteiger partial charge in [0.15, 0.2) is 6.10 Å². The van der Waals surface area contributed by atoms with Crippen molar-refractivity contribution < 1.29 is 14.6 Å². The number of piperidine rings is 1. The fraction of sp³-hybridized carbons (Fsp3) is 0.812. The van der Waals surface area contributed by atoms with E-state index in [0.717, 1.165) is 43.7 Å². The molecule has 3 rings (SSSR count). The lowest BCUT2D eigenvalue weighted by molar-refractivity contribution is -0.154. The van der Waals surface area contributed by atoms with Gasteiger partial charge in [-0.1, -0.05) is 12.2 Å². The van der Waals surface area contributed by atoms with Crippen molar-refractivity contribution in [3.05, 3.63) is 12.2 Å². The Hall–Kier alpha value is -0.870. The minimum atomic E-state index is -0.937. The van der Waals surface area contributed by atoms with Crippen LogP contribution in [0.15, 0.2) is 12.2 Å². The van der Waals surface area contributed by atoms with Crippen molar-refractivity contribution >= 4 is 5.97 Å². The van der Waals surface area contributed by atoms with Gasteiger partial charge in [0.25, 0.3) is 0 Å². The molecule has 0 radical (unpaired) electrons. The Morgan fingerprint density at radius 1 is 1.35 bits per heavy atom. The molecule has 2 fully saturated rings. The van der Waals surface area contributed by atoms with E-state index in [9.17, 15) is 9.90 Å². The summed E-state index contributed by atoms with van der Waals surface area (Å²) in [4.78, 5) is 13.9. The first-order chi connectivity index (χ1) is 9.67. The van der Waals surface area contributed by atoms with Crippen LogP contribution in [0.3, 0.4) is 0 Å². The number of aliphatic hydroxyl groups excluding tert-OH is 1. The Kier molecular flexibility index (Phi) is 4.13. The maximum atomic E-state index is 11.4. The van der Waals surface area contributed by atoms with Crippen LogP contribution in [0, 0.1) is 23.7 Å². The Bertz CT molecular complexity index is 387. The number of rotatable bonds is 4. The quantitative estimate of drug-likeness (QED) is 0.625. The predicted octanol–water partition coefficient (Wildman–Crippen LogP) is 1.44. The molecule has 20 heavy (non-hydrogen) atoms. The van der Waals surface area contributed by atoms with E-state index in [1.807, 2.05) is 0 Å². The average molecular weight is 279 g/mol. The van der Waals surface area contributed by atoms with Gasteiger partial charge >= 0.3 is 5.97 Å². The Balaban J connectivity index is 1.45. The van der Waals surface area contributed by atoms with Crippen LogP contribution in [0.2, 0.25) is 0 Å². The zero-order valence-electron chi connectivity index (χ0n) is 12.2. The molecule has 0 aromatic rings. The first kappa shape index (κ1) is 14.1. The molecule has 1 saturated carbocycles. The third-order valence-corrected chi connectivity index (χ3v) is 5.43. The van der Waals surface area contributed by atoms with Crippen molar-refractivity contribution in [1.82, 2.24) is 4.90 Å². The number of carbonyl (C=O) groups excluding carboxylic acids is 1. The summed E-state index contributed by atoms with van der Waals surface area (Å²) in [6.07, 6.45) is 8.37. The van der Waals surface area contributed by atoms with Crippen LogP contribution in [0.4, 0.5) is 0 Å². The van der Waals surface area contributed by atoms with E-state index in [1.165, 1.54) is 26.5 Å². The summed E-state index contributed by atoms with van der Waals surface area (Å²) in [6.45, 7) is 3.18. The van der Waals surface area contributed by atoms with Gasteiger partial charge in [0, 0.05) is 6.54 Å². The molecule has 2 bridgehead atoms. The largest absolute Gasteiger partial charge is 0.467 e. The molecule has 4 heteroatoms. The molecule has 4 unspecified atom stereocenters. The van der Waals surface area contributed by atoms with Crippen molar-refractivity contribution in [3.8, 4) is 0 Å². The molecule has 0 aromatic carbocycles. The van der Waals surface area contributed by atoms with Gasteiger partial charge in [0.2, 0.25) is 0 Å². The van der Waals surface area contributed by atoms with Gasteiger partial charge in [-0.2, -0.15) is 0 Å². The highest BCUT2D eigenvalue weighted by molar-refractivity contribution is 5.74. The van der Waals surface area contributed by atoms with E-state index in [-0.39, 0.29) is 5.92 Å². The molecule has 112 valence electrons. The molecule has 0 spiro atoms. The maximum Gasteiger partial charge on any atom is 0.334 e. The van der Waals surface area contributed by atoms with Crippen molar-refractivity contribution in [2.45, 2.75) is 31.8 Å². The number of methoxy groups -OCH3 is 1. The number of hydrogen-bond acceptors (Lipinski definition) is 4. The normalized spacial score (nSPS) is 35.4. The predicted molar refractivity (Wildman–Crippen MR) is 76.0 cm³/mol. The van der Waals surface area contributed by atoms with E-state index in [2.05, 4.69) is 21.8 Å². The molecular weight excluding hydrogens is 254 g/mol. The summed E-state index contributed by atoms with van der Waals surface area (Å²) in [5, 5.41) is 9.90. The SMILES string of the molecule is COC(=O)C(O)C1CCN(CC2CC3C=CC2C3)CC1. The number of hydrogen-bond donors (Lipinski definition) is 1. The molecule has 1 aliphatic heterocycles. The second-order valence-corrected chi connectivity index (χ2v) is 6.65. The second-order valence-electron chi connectivity index (χ2n) is 6.65. The summed E-state index contributed by atoms with van der Waals surface area (Å²) in [6, 6.07) is 0. The van der Waals surface area contributed by atoms with Gasteiger partial charge in [-0.25, -0.2) is 4.79 Å². The molecule has 3 aliphatic rings. The van der Waals surface area contributed by atoms with Crippen LogP contribution in [-0.4, -0.2) is 48.8 Å². The number of ether oxygens (including phenoxy) is 1. The number of carbonyl (C=O) groups is 1. The van der Waals surface area contributed by atoms with E-state index in [0.29, 0.717) is 0 Å². The number of fused-ring (bicyclic) bond motifs is 2. The molecular formula is C16H25NO3. The molecule has 1 heterocycles. The number of likely N-dealkylation sites (tertiary alicyclic amines) is 1. The van der Waals surface area contributed by atoms with Crippen LogP contribution in [0.1, 0.15) is 25.7 Å². The fourth-order valence-corrected chi connectivity index (χ4v) is 4.20. The average Bonchev–Trinajstić information content (AvgIpc) is 3.09. The smallest absolute Gasteiger partial charge is 0.334 e. The van der Waals surface area contributed by atoms with E-state index >= 15 is 0 Å². The Morgan fingerprint density at radius 3 is 2.65 bits per heavy atom. The Labute approximate surface area is 120 Å². The molecule has 1 N–H and O–H groups in total. The molecule has 4 nitrogen and oxygen atoms in total. The van der Waals surface area contributed by atoms with Crippen LogP contribution < -0.4 is 0 Å². The van der Waals surface area contributed by atoms with Crippen LogP contribution in [0.5, 0.6) is 0 Å². The topological polar surface area (TPSA) is 49.8 Å². The molecule has 1 saturated heterocycles. The lowest BCUT2D eigenvalue weighted by Crippen LogP contribution is -2.42. The van der Waals surface area contributed by atoms with Crippen LogP contribution in [0.25, 0.3) is 0 Å². The van der Waals surface area contributed by atoms with Crippen molar-refractivity contribution in [2.75, 3.05) is 26.7 Å². The standard InChI is InChI=1S/C16H25NO3/c1-20-16(19)15(18)12-4-6-17(7-5-12)10-14-9-11-2-3-13(14)8-11/h2-3,11-15,18H,4-10H2,1H3. The zero-order valence-corrected chi connectivity index (χ0v) is 12.2. The van der Waals surface area contributed by atoms with Gasteiger partial charge < -0.3 is 14.7 Å². The minimum absolute atomic E-state index is 0.0682. The van der Waals surface area contributed by atoms with Gasteiger partial charge in [-0.15, -0.1) is 0 Å². The fourth-order valence-electron chi connectivity index (χ4n) is 4.20. The maximum absolute atomic E-state index is 11.4. The molecule has 2 aliphatic carbocycles. The minimum Gasteiger partial charge on any atom is -0.467 e.